The van der Waals surface area contributed by atoms with Crippen molar-refractivity contribution < 1.29 is 4.79 Å². The number of carbonyl (C=O) groups excluding carboxylic acids is 1. The zero-order chi connectivity index (χ0) is 13.4. The van der Waals surface area contributed by atoms with Crippen molar-refractivity contribution in [3.05, 3.63) is 40.9 Å². The minimum absolute atomic E-state index is 0.0999. The second-order valence-corrected chi connectivity index (χ2v) is 3.83. The van der Waals surface area contributed by atoms with Gasteiger partial charge in [0.25, 0.3) is 0 Å². The summed E-state index contributed by atoms with van der Waals surface area (Å²) in [6, 6.07) is 10.7. The molecule has 90 valence electrons. The van der Waals surface area contributed by atoms with Crippen molar-refractivity contribution in [3.63, 3.8) is 0 Å². The topological polar surface area (TPSA) is 67.9 Å². The molecule has 0 aromatic heterocycles. The van der Waals surface area contributed by atoms with Gasteiger partial charge in [0.2, 0.25) is 5.91 Å². The molecular weight excluding hydrogens is 250 g/mol. The van der Waals surface area contributed by atoms with E-state index in [0.29, 0.717) is 5.02 Å². The number of hydrogen-bond donors (Lipinski definition) is 0. The highest BCUT2D eigenvalue weighted by Gasteiger charge is 2.08. The Morgan fingerprint density at radius 1 is 1.22 bits per heavy atom. The zero-order valence-corrected chi connectivity index (χ0v) is 10.3. The summed E-state index contributed by atoms with van der Waals surface area (Å²) in [5.74, 6) is -0.368. The average molecular weight is 260 g/mol. The third-order valence-electron chi connectivity index (χ3n) is 2.12. The molecule has 0 aliphatic heterocycles. The fourth-order valence-electron chi connectivity index (χ4n) is 1.23. The molecule has 0 aliphatic rings. The summed E-state index contributed by atoms with van der Waals surface area (Å²) in [5.41, 5.74) is 0.821. The van der Waals surface area contributed by atoms with Gasteiger partial charge in [-0.15, -0.1) is 0 Å². The van der Waals surface area contributed by atoms with E-state index in [1.165, 1.54) is 6.08 Å². The maximum atomic E-state index is 11.7. The smallest absolute Gasteiger partial charge is 0.248 e. The molecule has 0 fully saturated rings. The second-order valence-electron chi connectivity index (χ2n) is 3.40. The molecule has 0 radical (unpaired) electrons. The van der Waals surface area contributed by atoms with E-state index in [4.69, 9.17) is 22.1 Å². The van der Waals surface area contributed by atoms with Gasteiger partial charge in [0.1, 0.15) is 13.1 Å². The lowest BCUT2D eigenvalue weighted by atomic mass is 10.2. The fraction of sp³-hybridized carbons (Fsp3) is 0.154. The summed E-state index contributed by atoms with van der Waals surface area (Å²) in [4.78, 5) is 12.8. The number of benzene rings is 1. The molecule has 4 nitrogen and oxygen atoms in total. The highest BCUT2D eigenvalue weighted by molar-refractivity contribution is 6.30. The maximum Gasteiger partial charge on any atom is 0.248 e. The van der Waals surface area contributed by atoms with Gasteiger partial charge in [-0.2, -0.15) is 10.5 Å². The lowest BCUT2D eigenvalue weighted by molar-refractivity contribution is -0.124. The minimum atomic E-state index is -0.368. The third kappa shape index (κ3) is 4.29. The van der Waals surface area contributed by atoms with Crippen LogP contribution in [0.25, 0.3) is 6.08 Å². The highest BCUT2D eigenvalue weighted by Crippen LogP contribution is 2.10. The minimum Gasteiger partial charge on any atom is -0.313 e. The number of nitrogens with zero attached hydrogens (tertiary/aromatic N) is 3. The van der Waals surface area contributed by atoms with E-state index in [-0.39, 0.29) is 19.0 Å². The van der Waals surface area contributed by atoms with Crippen LogP contribution >= 0.6 is 11.6 Å². The van der Waals surface area contributed by atoms with E-state index in [1.54, 1.807) is 30.3 Å². The Kier molecular flexibility index (Phi) is 5.44. The largest absolute Gasteiger partial charge is 0.313 e. The van der Waals surface area contributed by atoms with Crippen molar-refractivity contribution in [2.45, 2.75) is 0 Å². The first kappa shape index (κ1) is 13.8. The van der Waals surface area contributed by atoms with Gasteiger partial charge in [0.15, 0.2) is 0 Å². The fourth-order valence-corrected chi connectivity index (χ4v) is 1.36. The SMILES string of the molecule is N#CCN(CC#N)C(=O)/C=C/c1ccc(Cl)cc1. The molecule has 0 N–H and O–H groups in total. The van der Waals surface area contributed by atoms with E-state index < -0.39 is 0 Å². The molecule has 1 aromatic rings. The molecule has 0 unspecified atom stereocenters. The molecule has 18 heavy (non-hydrogen) atoms. The van der Waals surface area contributed by atoms with E-state index in [1.807, 2.05) is 12.1 Å². The summed E-state index contributed by atoms with van der Waals surface area (Å²) < 4.78 is 0. The van der Waals surface area contributed by atoms with Gasteiger partial charge in [0.05, 0.1) is 12.1 Å². The van der Waals surface area contributed by atoms with E-state index in [2.05, 4.69) is 0 Å². The van der Waals surface area contributed by atoms with E-state index in [0.717, 1.165) is 10.5 Å². The molecule has 5 heteroatoms. The number of nitriles is 2. The first-order valence-electron chi connectivity index (χ1n) is 5.14. The van der Waals surface area contributed by atoms with Gasteiger partial charge in [-0.25, -0.2) is 0 Å². The number of rotatable bonds is 4. The van der Waals surface area contributed by atoms with E-state index >= 15 is 0 Å². The molecule has 1 amide bonds. The molecule has 1 rings (SSSR count). The molecule has 0 bridgehead atoms. The Morgan fingerprint density at radius 2 is 1.78 bits per heavy atom. The van der Waals surface area contributed by atoms with Crippen molar-refractivity contribution in [2.24, 2.45) is 0 Å². The summed E-state index contributed by atoms with van der Waals surface area (Å²) in [7, 11) is 0. The summed E-state index contributed by atoms with van der Waals surface area (Å²) in [6.45, 7) is -0.200. The van der Waals surface area contributed by atoms with Gasteiger partial charge < -0.3 is 4.90 Å². The lowest BCUT2D eigenvalue weighted by Crippen LogP contribution is -2.30. The molecular formula is C13H10ClN3O. The van der Waals surface area contributed by atoms with Gasteiger partial charge in [-0.3, -0.25) is 4.79 Å². The molecule has 0 spiro atoms. The summed E-state index contributed by atoms with van der Waals surface area (Å²) in [5, 5.41) is 17.7. The van der Waals surface area contributed by atoms with Crippen LogP contribution in [-0.2, 0) is 4.79 Å². The van der Waals surface area contributed by atoms with Crippen LogP contribution < -0.4 is 0 Å². The maximum absolute atomic E-state index is 11.7. The van der Waals surface area contributed by atoms with Gasteiger partial charge >= 0.3 is 0 Å². The molecule has 0 atom stereocenters. The quantitative estimate of drug-likeness (QED) is 0.615. The van der Waals surface area contributed by atoms with Crippen LogP contribution in [0.2, 0.25) is 5.02 Å². The predicted octanol–water partition coefficient (Wildman–Crippen LogP) is 2.23. The molecule has 1 aromatic carbocycles. The zero-order valence-electron chi connectivity index (χ0n) is 9.51. The van der Waals surface area contributed by atoms with Crippen molar-refractivity contribution in [2.75, 3.05) is 13.1 Å². The first-order valence-corrected chi connectivity index (χ1v) is 5.51. The Hall–Kier alpha value is -2.30. The van der Waals surface area contributed by atoms with Crippen molar-refractivity contribution in [1.82, 2.24) is 4.90 Å². The van der Waals surface area contributed by atoms with Crippen molar-refractivity contribution >= 4 is 23.6 Å². The van der Waals surface area contributed by atoms with Gasteiger partial charge in [-0.1, -0.05) is 23.7 Å². The number of halogens is 1. The third-order valence-corrected chi connectivity index (χ3v) is 2.38. The molecule has 0 saturated carbocycles. The Bertz CT molecular complexity index is 507. The first-order chi connectivity index (χ1) is 8.67. The Morgan fingerprint density at radius 3 is 2.28 bits per heavy atom. The Labute approximate surface area is 110 Å². The standard InChI is InChI=1S/C13H10ClN3O/c14-12-4-1-11(2-5-12)3-6-13(18)17(9-7-15)10-8-16/h1-6H,9-10H2/b6-3+. The van der Waals surface area contributed by atoms with Crippen LogP contribution in [0.5, 0.6) is 0 Å². The predicted molar refractivity (Wildman–Crippen MR) is 68.3 cm³/mol. The molecule has 0 saturated heterocycles. The van der Waals surface area contributed by atoms with Crippen LogP contribution in [0.3, 0.4) is 0 Å². The second kappa shape index (κ2) is 7.11. The van der Waals surface area contributed by atoms with Crippen LogP contribution in [0.1, 0.15) is 5.56 Å². The number of carbonyl (C=O) groups is 1. The van der Waals surface area contributed by atoms with Crippen LogP contribution in [0.15, 0.2) is 30.3 Å². The van der Waals surface area contributed by atoms with Crippen molar-refractivity contribution in [1.29, 1.82) is 10.5 Å². The summed E-state index contributed by atoms with van der Waals surface area (Å²) in [6.07, 6.45) is 2.94. The van der Waals surface area contributed by atoms with Crippen molar-refractivity contribution in [3.8, 4) is 12.1 Å². The summed E-state index contributed by atoms with van der Waals surface area (Å²) >= 11 is 5.74. The van der Waals surface area contributed by atoms with Gasteiger partial charge in [-0.05, 0) is 23.8 Å². The average Bonchev–Trinajstić information content (AvgIpc) is 2.37. The number of amides is 1. The van der Waals surface area contributed by atoms with Crippen LogP contribution in [0, 0.1) is 22.7 Å². The number of hydrogen-bond acceptors (Lipinski definition) is 3. The van der Waals surface area contributed by atoms with Crippen LogP contribution in [0.4, 0.5) is 0 Å². The molecule has 0 heterocycles. The lowest BCUT2D eigenvalue weighted by Gasteiger charge is -2.12. The van der Waals surface area contributed by atoms with E-state index in [9.17, 15) is 4.79 Å². The normalized spacial score (nSPS) is 9.72. The molecule has 0 aliphatic carbocycles. The Balaban J connectivity index is 2.71. The van der Waals surface area contributed by atoms with Gasteiger partial charge in [0, 0.05) is 11.1 Å². The highest BCUT2D eigenvalue weighted by atomic mass is 35.5. The van der Waals surface area contributed by atoms with Crippen LogP contribution in [-0.4, -0.2) is 23.9 Å². The monoisotopic (exact) mass is 259 g/mol.